The highest BCUT2D eigenvalue weighted by molar-refractivity contribution is 5.33. The monoisotopic (exact) mass is 264 g/mol. The number of ether oxygens (including phenoxy) is 1. The number of methoxy groups -OCH3 is 1. The van der Waals surface area contributed by atoms with Crippen LogP contribution in [0.3, 0.4) is 0 Å². The zero-order valence-electron chi connectivity index (χ0n) is 13.0. The van der Waals surface area contributed by atoms with Gasteiger partial charge in [-0.15, -0.1) is 0 Å². The molecule has 0 fully saturated rings. The Kier molecular flexibility index (Phi) is 6.32. The Balaban J connectivity index is 2.66. The molecule has 1 rings (SSSR count). The van der Waals surface area contributed by atoms with E-state index in [-0.39, 0.29) is 0 Å². The second kappa shape index (κ2) is 7.51. The first kappa shape index (κ1) is 16.0. The minimum absolute atomic E-state index is 0.311. The molecule has 0 saturated carbocycles. The molecule has 19 heavy (non-hydrogen) atoms. The second-order valence-electron chi connectivity index (χ2n) is 5.68. The van der Waals surface area contributed by atoms with Crippen molar-refractivity contribution in [2.24, 2.45) is 5.41 Å². The summed E-state index contributed by atoms with van der Waals surface area (Å²) in [6.07, 6.45) is 1.17. The van der Waals surface area contributed by atoms with Crippen LogP contribution in [0.2, 0.25) is 0 Å². The number of hydrogen-bond acceptors (Lipinski definition) is 3. The largest absolute Gasteiger partial charge is 0.496 e. The molecular formula is C16H28N2O. The molecule has 0 aliphatic carbocycles. The van der Waals surface area contributed by atoms with Gasteiger partial charge in [-0.05, 0) is 32.0 Å². The van der Waals surface area contributed by atoms with Crippen molar-refractivity contribution < 1.29 is 4.74 Å². The predicted octanol–water partition coefficient (Wildman–Crippen LogP) is 2.76. The highest BCUT2D eigenvalue weighted by Gasteiger charge is 2.23. The van der Waals surface area contributed by atoms with Gasteiger partial charge in [0.1, 0.15) is 5.75 Å². The van der Waals surface area contributed by atoms with Gasteiger partial charge in [0.2, 0.25) is 0 Å². The maximum atomic E-state index is 5.41. The van der Waals surface area contributed by atoms with Crippen molar-refractivity contribution in [3.05, 3.63) is 29.8 Å². The standard InChI is InChI=1S/C16H28N2O/c1-6-16(2,12-17-3)13-18(4)11-14-9-7-8-10-15(14)19-5/h7-10,17H,6,11-13H2,1-5H3. The maximum absolute atomic E-state index is 5.41. The number of para-hydroxylation sites is 1. The minimum atomic E-state index is 0.311. The number of benzene rings is 1. The summed E-state index contributed by atoms with van der Waals surface area (Å²) in [5.74, 6) is 0.973. The molecule has 1 unspecified atom stereocenters. The fourth-order valence-electron chi connectivity index (χ4n) is 2.55. The molecule has 1 N–H and O–H groups in total. The summed E-state index contributed by atoms with van der Waals surface area (Å²) in [5, 5.41) is 3.30. The van der Waals surface area contributed by atoms with Crippen LogP contribution in [0.25, 0.3) is 0 Å². The SMILES string of the molecule is CCC(C)(CNC)CN(C)Cc1ccccc1OC. The van der Waals surface area contributed by atoms with Gasteiger partial charge in [0.25, 0.3) is 0 Å². The van der Waals surface area contributed by atoms with Gasteiger partial charge >= 0.3 is 0 Å². The Hall–Kier alpha value is -1.06. The lowest BCUT2D eigenvalue weighted by Gasteiger charge is -2.33. The molecule has 108 valence electrons. The summed E-state index contributed by atoms with van der Waals surface area (Å²) in [4.78, 5) is 2.37. The molecule has 0 aromatic heterocycles. The quantitative estimate of drug-likeness (QED) is 0.781. The summed E-state index contributed by atoms with van der Waals surface area (Å²) in [5.41, 5.74) is 1.56. The molecule has 0 amide bonds. The molecule has 0 aliphatic rings. The zero-order chi connectivity index (χ0) is 14.3. The van der Waals surface area contributed by atoms with E-state index >= 15 is 0 Å². The van der Waals surface area contributed by atoms with Crippen LogP contribution >= 0.6 is 0 Å². The molecule has 1 aromatic rings. The van der Waals surface area contributed by atoms with Crippen LogP contribution in [0.1, 0.15) is 25.8 Å². The van der Waals surface area contributed by atoms with E-state index in [1.165, 1.54) is 12.0 Å². The second-order valence-corrected chi connectivity index (χ2v) is 5.68. The van der Waals surface area contributed by atoms with Gasteiger partial charge in [-0.3, -0.25) is 0 Å². The molecule has 0 aliphatic heterocycles. The van der Waals surface area contributed by atoms with E-state index in [2.05, 4.69) is 43.2 Å². The summed E-state index contributed by atoms with van der Waals surface area (Å²) in [7, 11) is 5.93. The Morgan fingerprint density at radius 3 is 2.58 bits per heavy atom. The van der Waals surface area contributed by atoms with Crippen LogP contribution in [0.4, 0.5) is 0 Å². The lowest BCUT2D eigenvalue weighted by atomic mass is 9.87. The van der Waals surface area contributed by atoms with Crippen LogP contribution in [-0.2, 0) is 6.54 Å². The van der Waals surface area contributed by atoms with Crippen molar-refractivity contribution in [2.45, 2.75) is 26.8 Å². The van der Waals surface area contributed by atoms with Crippen molar-refractivity contribution in [2.75, 3.05) is 34.3 Å². The third-order valence-electron chi connectivity index (χ3n) is 3.74. The van der Waals surface area contributed by atoms with Crippen molar-refractivity contribution in [3.63, 3.8) is 0 Å². The first-order valence-corrected chi connectivity index (χ1v) is 6.99. The van der Waals surface area contributed by atoms with Crippen LogP contribution in [0, 0.1) is 5.41 Å². The molecule has 0 bridgehead atoms. The van der Waals surface area contributed by atoms with E-state index in [1.807, 2.05) is 19.2 Å². The number of rotatable bonds is 8. The molecule has 1 atom stereocenters. The molecule has 0 heterocycles. The zero-order valence-corrected chi connectivity index (χ0v) is 13.0. The highest BCUT2D eigenvalue weighted by Crippen LogP contribution is 2.24. The lowest BCUT2D eigenvalue weighted by molar-refractivity contribution is 0.177. The first-order chi connectivity index (χ1) is 9.04. The topological polar surface area (TPSA) is 24.5 Å². The summed E-state index contributed by atoms with van der Waals surface area (Å²) in [6.45, 7) is 7.63. The molecular weight excluding hydrogens is 236 g/mol. The van der Waals surface area contributed by atoms with Gasteiger partial charge in [-0.2, -0.15) is 0 Å². The normalized spacial score (nSPS) is 14.4. The fraction of sp³-hybridized carbons (Fsp3) is 0.625. The number of nitrogens with zero attached hydrogens (tertiary/aromatic N) is 1. The van der Waals surface area contributed by atoms with Gasteiger partial charge in [-0.1, -0.05) is 32.0 Å². The van der Waals surface area contributed by atoms with E-state index in [0.717, 1.165) is 25.4 Å². The van der Waals surface area contributed by atoms with Crippen LogP contribution in [0.5, 0.6) is 5.75 Å². The Labute approximate surface area is 118 Å². The van der Waals surface area contributed by atoms with E-state index in [4.69, 9.17) is 4.74 Å². The Morgan fingerprint density at radius 1 is 1.32 bits per heavy atom. The van der Waals surface area contributed by atoms with Crippen molar-refractivity contribution >= 4 is 0 Å². The van der Waals surface area contributed by atoms with Gasteiger partial charge < -0.3 is 15.0 Å². The molecule has 3 nitrogen and oxygen atoms in total. The van der Waals surface area contributed by atoms with Crippen LogP contribution < -0.4 is 10.1 Å². The molecule has 3 heteroatoms. The molecule has 0 radical (unpaired) electrons. The molecule has 0 spiro atoms. The predicted molar refractivity (Wildman–Crippen MR) is 81.7 cm³/mol. The van der Waals surface area contributed by atoms with Crippen LogP contribution in [-0.4, -0.2) is 39.2 Å². The van der Waals surface area contributed by atoms with Gasteiger partial charge in [-0.25, -0.2) is 0 Å². The van der Waals surface area contributed by atoms with E-state index in [0.29, 0.717) is 5.41 Å². The van der Waals surface area contributed by atoms with E-state index < -0.39 is 0 Å². The molecule has 1 aromatic carbocycles. The summed E-state index contributed by atoms with van der Waals surface area (Å²) < 4.78 is 5.41. The van der Waals surface area contributed by atoms with Crippen molar-refractivity contribution in [1.29, 1.82) is 0 Å². The smallest absolute Gasteiger partial charge is 0.123 e. The van der Waals surface area contributed by atoms with Gasteiger partial charge in [0.15, 0.2) is 0 Å². The van der Waals surface area contributed by atoms with Gasteiger partial charge in [0, 0.05) is 25.2 Å². The third-order valence-corrected chi connectivity index (χ3v) is 3.74. The number of hydrogen-bond donors (Lipinski definition) is 1. The van der Waals surface area contributed by atoms with Gasteiger partial charge in [0.05, 0.1) is 7.11 Å². The fourth-order valence-corrected chi connectivity index (χ4v) is 2.55. The number of nitrogens with one attached hydrogen (secondary N) is 1. The Bertz CT molecular complexity index is 381. The average molecular weight is 264 g/mol. The van der Waals surface area contributed by atoms with Crippen LogP contribution in [0.15, 0.2) is 24.3 Å². The minimum Gasteiger partial charge on any atom is -0.496 e. The van der Waals surface area contributed by atoms with E-state index in [9.17, 15) is 0 Å². The first-order valence-electron chi connectivity index (χ1n) is 6.99. The summed E-state index contributed by atoms with van der Waals surface area (Å²) >= 11 is 0. The third kappa shape index (κ3) is 4.84. The lowest BCUT2D eigenvalue weighted by Crippen LogP contribution is -2.39. The average Bonchev–Trinajstić information content (AvgIpc) is 2.39. The summed E-state index contributed by atoms with van der Waals surface area (Å²) in [6, 6.07) is 8.24. The van der Waals surface area contributed by atoms with E-state index in [1.54, 1.807) is 7.11 Å². The van der Waals surface area contributed by atoms with Crippen molar-refractivity contribution in [1.82, 2.24) is 10.2 Å². The molecule has 0 saturated heterocycles. The maximum Gasteiger partial charge on any atom is 0.123 e. The van der Waals surface area contributed by atoms with Crippen molar-refractivity contribution in [3.8, 4) is 5.75 Å². The Morgan fingerprint density at radius 2 is 2.00 bits per heavy atom. The highest BCUT2D eigenvalue weighted by atomic mass is 16.5.